The van der Waals surface area contributed by atoms with Crippen LogP contribution in [0.5, 0.6) is 0 Å². The molecule has 156 valence electrons. The van der Waals surface area contributed by atoms with Gasteiger partial charge in [-0.3, -0.25) is 23.9 Å². The Hall–Kier alpha value is -3.18. The van der Waals surface area contributed by atoms with Crippen LogP contribution in [0.3, 0.4) is 0 Å². The zero-order valence-electron chi connectivity index (χ0n) is 15.8. The average Bonchev–Trinajstić information content (AvgIpc) is 3.06. The Morgan fingerprint density at radius 3 is 2.43 bits per heavy atom. The van der Waals surface area contributed by atoms with Crippen molar-refractivity contribution in [2.24, 2.45) is 0 Å². The lowest BCUT2D eigenvalue weighted by atomic mass is 10.1. The Labute approximate surface area is 170 Å². The van der Waals surface area contributed by atoms with Crippen molar-refractivity contribution in [1.82, 2.24) is 19.1 Å². The van der Waals surface area contributed by atoms with Crippen LogP contribution in [0.25, 0.3) is 11.1 Å². The second kappa shape index (κ2) is 8.28. The molecule has 0 bridgehead atoms. The number of aliphatic hydroxyl groups is 3. The third-order valence-corrected chi connectivity index (χ3v) is 5.04. The molecule has 10 heteroatoms. The number of hydrogen-bond acceptors (Lipinski definition) is 8. The molecule has 1 unspecified atom stereocenters. The first-order valence-corrected chi connectivity index (χ1v) is 9.29. The van der Waals surface area contributed by atoms with E-state index in [1.807, 2.05) is 18.2 Å². The number of pyridine rings is 2. The predicted molar refractivity (Wildman–Crippen MR) is 105 cm³/mol. The van der Waals surface area contributed by atoms with Crippen LogP contribution < -0.4 is 11.2 Å². The fourth-order valence-electron chi connectivity index (χ4n) is 3.43. The van der Waals surface area contributed by atoms with Gasteiger partial charge in [0.1, 0.15) is 18.3 Å². The first kappa shape index (κ1) is 20.1. The Bertz CT molecular complexity index is 1150. The predicted octanol–water partition coefficient (Wildman–Crippen LogP) is -0.873. The highest BCUT2D eigenvalue weighted by Crippen LogP contribution is 2.27. The van der Waals surface area contributed by atoms with Crippen molar-refractivity contribution >= 4 is 0 Å². The summed E-state index contributed by atoms with van der Waals surface area (Å²) in [6, 6.07) is 8.42. The molecule has 3 aromatic rings. The summed E-state index contributed by atoms with van der Waals surface area (Å²) in [5.74, 6) is 0. The largest absolute Gasteiger partial charge is 0.394 e. The van der Waals surface area contributed by atoms with Gasteiger partial charge in [-0.1, -0.05) is 0 Å². The van der Waals surface area contributed by atoms with Crippen LogP contribution in [0.4, 0.5) is 0 Å². The molecule has 0 amide bonds. The van der Waals surface area contributed by atoms with E-state index in [1.165, 1.54) is 12.3 Å². The second-order valence-electron chi connectivity index (χ2n) is 6.93. The van der Waals surface area contributed by atoms with Crippen LogP contribution in [0.1, 0.15) is 11.9 Å². The van der Waals surface area contributed by atoms with Crippen LogP contribution in [-0.2, 0) is 11.3 Å². The van der Waals surface area contributed by atoms with E-state index >= 15 is 0 Å². The smallest absolute Gasteiger partial charge is 0.333 e. The normalized spacial score (nSPS) is 23.6. The quantitative estimate of drug-likeness (QED) is 0.491. The van der Waals surface area contributed by atoms with Crippen molar-refractivity contribution in [2.75, 3.05) is 6.61 Å². The zero-order chi connectivity index (χ0) is 21.3. The molecule has 4 heterocycles. The number of hydrogen-bond donors (Lipinski definition) is 3. The summed E-state index contributed by atoms with van der Waals surface area (Å²) >= 11 is 0. The lowest BCUT2D eigenvalue weighted by Gasteiger charge is -2.18. The maximum atomic E-state index is 12.9. The maximum Gasteiger partial charge on any atom is 0.333 e. The minimum atomic E-state index is -1.43. The van der Waals surface area contributed by atoms with E-state index in [-0.39, 0.29) is 6.54 Å². The summed E-state index contributed by atoms with van der Waals surface area (Å²) in [4.78, 5) is 33.5. The van der Waals surface area contributed by atoms with E-state index in [2.05, 4.69) is 9.97 Å². The van der Waals surface area contributed by atoms with Crippen LogP contribution in [0, 0.1) is 0 Å². The highest BCUT2D eigenvalue weighted by Gasteiger charge is 2.43. The van der Waals surface area contributed by atoms with Crippen molar-refractivity contribution in [2.45, 2.75) is 31.1 Å². The molecule has 4 atom stereocenters. The third kappa shape index (κ3) is 3.68. The fraction of sp³-hybridized carbons (Fsp3) is 0.300. The van der Waals surface area contributed by atoms with E-state index in [1.54, 1.807) is 24.7 Å². The van der Waals surface area contributed by atoms with Gasteiger partial charge < -0.3 is 20.1 Å². The number of aromatic nitrogens is 4. The lowest BCUT2D eigenvalue weighted by Crippen LogP contribution is -2.43. The molecule has 30 heavy (non-hydrogen) atoms. The molecule has 0 radical (unpaired) electrons. The summed E-state index contributed by atoms with van der Waals surface area (Å²) in [6.07, 6.45) is 1.06. The van der Waals surface area contributed by atoms with Gasteiger partial charge >= 0.3 is 5.69 Å². The Morgan fingerprint density at radius 2 is 1.73 bits per heavy atom. The Balaban J connectivity index is 1.67. The van der Waals surface area contributed by atoms with E-state index in [9.17, 15) is 24.9 Å². The van der Waals surface area contributed by atoms with Crippen molar-refractivity contribution in [3.63, 3.8) is 0 Å². The Morgan fingerprint density at radius 1 is 1.00 bits per heavy atom. The summed E-state index contributed by atoms with van der Waals surface area (Å²) in [5, 5.41) is 29.4. The first-order chi connectivity index (χ1) is 14.5. The van der Waals surface area contributed by atoms with Gasteiger partial charge in [-0.2, -0.15) is 0 Å². The van der Waals surface area contributed by atoms with Gasteiger partial charge in [0.15, 0.2) is 6.23 Å². The third-order valence-electron chi connectivity index (χ3n) is 5.04. The second-order valence-corrected chi connectivity index (χ2v) is 6.93. The standard InChI is InChI=1S/C20H20N4O6/c25-11-15-17(27)18(28)19(30-15)23-8-4-16(26)24(20(23)29)10-14-9-13(3-7-22-14)12-1-5-21-6-2-12/h1-9,15,17-19,25,27-28H,10-11H2/t15-,17+,18?,19-/m1/s1. The van der Waals surface area contributed by atoms with E-state index in [0.717, 1.165) is 20.3 Å². The van der Waals surface area contributed by atoms with Crippen LogP contribution in [0.2, 0.25) is 0 Å². The van der Waals surface area contributed by atoms with E-state index in [4.69, 9.17) is 4.74 Å². The van der Waals surface area contributed by atoms with Crippen LogP contribution in [0.15, 0.2) is 64.7 Å². The number of rotatable bonds is 5. The van der Waals surface area contributed by atoms with Gasteiger partial charge in [-0.05, 0) is 35.4 Å². The van der Waals surface area contributed by atoms with Gasteiger partial charge in [0.25, 0.3) is 5.56 Å². The van der Waals surface area contributed by atoms with Gasteiger partial charge in [0, 0.05) is 30.9 Å². The van der Waals surface area contributed by atoms with Crippen LogP contribution >= 0.6 is 0 Å². The minimum absolute atomic E-state index is 0.0910. The summed E-state index contributed by atoms with van der Waals surface area (Å²) in [7, 11) is 0. The lowest BCUT2D eigenvalue weighted by molar-refractivity contribution is -0.0555. The molecular weight excluding hydrogens is 392 g/mol. The van der Waals surface area contributed by atoms with Crippen LogP contribution in [-0.4, -0.2) is 59.3 Å². The molecule has 0 saturated carbocycles. The molecular formula is C20H20N4O6. The molecule has 0 aliphatic carbocycles. The number of ether oxygens (including phenoxy) is 1. The Kier molecular flexibility index (Phi) is 5.55. The van der Waals surface area contributed by atoms with Gasteiger partial charge in [-0.25, -0.2) is 4.79 Å². The zero-order valence-corrected chi connectivity index (χ0v) is 15.8. The van der Waals surface area contributed by atoms with Gasteiger partial charge in [0.2, 0.25) is 0 Å². The summed E-state index contributed by atoms with van der Waals surface area (Å²) in [6.45, 7) is -0.610. The molecule has 1 saturated heterocycles. The molecule has 1 aliphatic heterocycles. The molecule has 3 aromatic heterocycles. The monoisotopic (exact) mass is 412 g/mol. The number of nitrogens with zero attached hydrogens (tertiary/aromatic N) is 4. The van der Waals surface area contributed by atoms with Gasteiger partial charge in [-0.15, -0.1) is 0 Å². The van der Waals surface area contributed by atoms with Crippen molar-refractivity contribution < 1.29 is 20.1 Å². The molecule has 3 N–H and O–H groups in total. The fourth-order valence-corrected chi connectivity index (χ4v) is 3.43. The number of aliphatic hydroxyl groups excluding tert-OH is 3. The van der Waals surface area contributed by atoms with E-state index in [0.29, 0.717) is 5.69 Å². The van der Waals surface area contributed by atoms with Crippen molar-refractivity contribution in [3.8, 4) is 11.1 Å². The first-order valence-electron chi connectivity index (χ1n) is 9.29. The van der Waals surface area contributed by atoms with Crippen molar-refractivity contribution in [3.05, 3.63) is 81.7 Å². The molecule has 0 spiro atoms. The maximum absolute atomic E-state index is 12.9. The molecule has 0 aromatic carbocycles. The van der Waals surface area contributed by atoms with E-state index < -0.39 is 42.4 Å². The molecule has 1 fully saturated rings. The molecule has 10 nitrogen and oxygen atoms in total. The molecule has 1 aliphatic rings. The average molecular weight is 412 g/mol. The van der Waals surface area contributed by atoms with Gasteiger partial charge in [0.05, 0.1) is 18.8 Å². The van der Waals surface area contributed by atoms with Crippen molar-refractivity contribution in [1.29, 1.82) is 0 Å². The topological polar surface area (TPSA) is 140 Å². The highest BCUT2D eigenvalue weighted by molar-refractivity contribution is 5.62. The summed E-state index contributed by atoms with van der Waals surface area (Å²) in [5.41, 5.74) is 0.989. The SMILES string of the molecule is O=c1ccn([C@@H]2O[C@H](CO)[C@H](O)C2O)c(=O)n1Cc1cc(-c2ccncc2)ccn1. The summed E-state index contributed by atoms with van der Waals surface area (Å²) < 4.78 is 7.39. The molecule has 4 rings (SSSR count). The highest BCUT2D eigenvalue weighted by atomic mass is 16.6. The minimum Gasteiger partial charge on any atom is -0.394 e.